The van der Waals surface area contributed by atoms with E-state index in [0.717, 1.165) is 93.9 Å². The van der Waals surface area contributed by atoms with Gasteiger partial charge in [0, 0.05) is 32.7 Å². The van der Waals surface area contributed by atoms with Gasteiger partial charge in [0.05, 0.1) is 5.56 Å². The maximum atomic E-state index is 6.73. The first-order chi connectivity index (χ1) is 27.7. The van der Waals surface area contributed by atoms with Gasteiger partial charge in [-0.2, -0.15) is 0 Å². The summed E-state index contributed by atoms with van der Waals surface area (Å²) in [6.45, 7) is 0. The van der Waals surface area contributed by atoms with Gasteiger partial charge in [-0.05, 0) is 63.7 Å². The number of aromatic nitrogens is 3. The normalized spacial score (nSPS) is 11.6. The molecule has 8 aromatic carbocycles. The number of hydrogen-bond acceptors (Lipinski definition) is 5. The Hall–Kier alpha value is -7.63. The molecule has 0 aliphatic rings. The topological polar surface area (TPSA) is 65.0 Å². The lowest BCUT2D eigenvalue weighted by Crippen LogP contribution is -2.00. The molecule has 0 amide bonds. The van der Waals surface area contributed by atoms with Crippen molar-refractivity contribution in [3.05, 3.63) is 188 Å². The summed E-state index contributed by atoms with van der Waals surface area (Å²) in [4.78, 5) is 15.3. The van der Waals surface area contributed by atoms with E-state index in [1.165, 1.54) is 0 Å². The molecule has 0 aliphatic heterocycles. The summed E-state index contributed by atoms with van der Waals surface area (Å²) in [5.41, 5.74) is 12.5. The zero-order chi connectivity index (χ0) is 37.0. The highest BCUT2D eigenvalue weighted by Gasteiger charge is 2.20. The van der Waals surface area contributed by atoms with Crippen LogP contribution in [0.25, 0.3) is 111 Å². The zero-order valence-electron chi connectivity index (χ0n) is 30.1. The summed E-state index contributed by atoms with van der Waals surface area (Å²) in [6.07, 6.45) is 0. The van der Waals surface area contributed by atoms with Crippen LogP contribution >= 0.6 is 0 Å². The van der Waals surface area contributed by atoms with Gasteiger partial charge in [-0.3, -0.25) is 0 Å². The SMILES string of the molecule is c1ccc(-c2ccc(-c3nc(-c4ccc(-c5ccccc5)cc4)nc(-c4cccc5c4oc4cccc(-c6ccc7c(c6)oc6ccccc67)c45)n3)cc2)cc1. The van der Waals surface area contributed by atoms with Crippen LogP contribution in [0.15, 0.2) is 197 Å². The second-order valence-corrected chi connectivity index (χ2v) is 14.0. The average Bonchev–Trinajstić information content (AvgIpc) is 3.85. The molecule has 0 unspecified atom stereocenters. The Bertz CT molecular complexity index is 3120. The number of nitrogens with zero attached hydrogens (tertiary/aromatic N) is 3. The smallest absolute Gasteiger partial charge is 0.167 e. The highest BCUT2D eigenvalue weighted by molar-refractivity contribution is 6.16. The molecule has 262 valence electrons. The molecule has 0 atom stereocenters. The van der Waals surface area contributed by atoms with Gasteiger partial charge < -0.3 is 8.83 Å². The van der Waals surface area contributed by atoms with Gasteiger partial charge in [0.15, 0.2) is 17.5 Å². The molecule has 11 rings (SSSR count). The fraction of sp³-hybridized carbons (Fsp3) is 0. The molecule has 11 aromatic rings. The van der Waals surface area contributed by atoms with Crippen LogP contribution in [0, 0.1) is 0 Å². The summed E-state index contributed by atoms with van der Waals surface area (Å²) >= 11 is 0. The molecule has 3 aromatic heterocycles. The third-order valence-electron chi connectivity index (χ3n) is 10.6. The van der Waals surface area contributed by atoms with E-state index >= 15 is 0 Å². The van der Waals surface area contributed by atoms with Crippen molar-refractivity contribution in [3.8, 4) is 67.5 Å². The van der Waals surface area contributed by atoms with Crippen LogP contribution in [-0.2, 0) is 0 Å². The minimum Gasteiger partial charge on any atom is -0.456 e. The van der Waals surface area contributed by atoms with Crippen molar-refractivity contribution in [2.24, 2.45) is 0 Å². The molecule has 5 nitrogen and oxygen atoms in total. The van der Waals surface area contributed by atoms with Crippen LogP contribution in [-0.4, -0.2) is 15.0 Å². The Balaban J connectivity index is 1.06. The number of para-hydroxylation sites is 2. The first-order valence-corrected chi connectivity index (χ1v) is 18.7. The van der Waals surface area contributed by atoms with Crippen LogP contribution < -0.4 is 0 Å². The molecule has 0 saturated heterocycles. The number of benzene rings is 8. The summed E-state index contributed by atoms with van der Waals surface area (Å²) in [7, 11) is 0. The van der Waals surface area contributed by atoms with Gasteiger partial charge >= 0.3 is 0 Å². The Labute approximate surface area is 322 Å². The predicted octanol–water partition coefficient (Wildman–Crippen LogP) is 13.7. The third kappa shape index (κ3) is 5.45. The first-order valence-electron chi connectivity index (χ1n) is 18.7. The van der Waals surface area contributed by atoms with Gasteiger partial charge in [0.2, 0.25) is 0 Å². The Kier molecular flexibility index (Phi) is 7.42. The molecule has 56 heavy (non-hydrogen) atoms. The maximum absolute atomic E-state index is 6.73. The average molecular weight is 718 g/mol. The van der Waals surface area contributed by atoms with E-state index in [1.54, 1.807) is 0 Å². The second kappa shape index (κ2) is 13.0. The largest absolute Gasteiger partial charge is 0.456 e. The number of fused-ring (bicyclic) bond motifs is 6. The van der Waals surface area contributed by atoms with E-state index in [9.17, 15) is 0 Å². The van der Waals surface area contributed by atoms with Gasteiger partial charge in [-0.1, -0.05) is 158 Å². The lowest BCUT2D eigenvalue weighted by molar-refractivity contribution is 0.668. The Morgan fingerprint density at radius 3 is 1.45 bits per heavy atom. The molecular weight excluding hydrogens is 687 g/mol. The number of furan rings is 2. The molecular formula is C51H31N3O2. The van der Waals surface area contributed by atoms with E-state index in [1.807, 2.05) is 48.5 Å². The van der Waals surface area contributed by atoms with Crippen LogP contribution in [0.3, 0.4) is 0 Å². The van der Waals surface area contributed by atoms with Gasteiger partial charge in [-0.25, -0.2) is 15.0 Å². The molecule has 0 aliphatic carbocycles. The lowest BCUT2D eigenvalue weighted by atomic mass is 9.97. The van der Waals surface area contributed by atoms with E-state index in [0.29, 0.717) is 17.5 Å². The van der Waals surface area contributed by atoms with Crippen molar-refractivity contribution in [2.45, 2.75) is 0 Å². The van der Waals surface area contributed by atoms with E-state index in [-0.39, 0.29) is 0 Å². The minimum absolute atomic E-state index is 0.541. The first kappa shape index (κ1) is 31.9. The van der Waals surface area contributed by atoms with E-state index < -0.39 is 0 Å². The predicted molar refractivity (Wildman–Crippen MR) is 227 cm³/mol. The van der Waals surface area contributed by atoms with Crippen molar-refractivity contribution in [1.29, 1.82) is 0 Å². The van der Waals surface area contributed by atoms with Crippen molar-refractivity contribution in [2.75, 3.05) is 0 Å². The van der Waals surface area contributed by atoms with E-state index in [2.05, 4.69) is 140 Å². The fourth-order valence-electron chi connectivity index (χ4n) is 7.80. The molecule has 0 fully saturated rings. The zero-order valence-corrected chi connectivity index (χ0v) is 30.1. The number of hydrogen-bond donors (Lipinski definition) is 0. The van der Waals surface area contributed by atoms with Crippen molar-refractivity contribution in [1.82, 2.24) is 15.0 Å². The number of rotatable bonds is 6. The van der Waals surface area contributed by atoms with Crippen molar-refractivity contribution >= 4 is 43.9 Å². The fourth-order valence-corrected chi connectivity index (χ4v) is 7.80. The van der Waals surface area contributed by atoms with Gasteiger partial charge in [0.25, 0.3) is 0 Å². The van der Waals surface area contributed by atoms with Gasteiger partial charge in [0.1, 0.15) is 22.3 Å². The molecule has 5 heteroatoms. The second-order valence-electron chi connectivity index (χ2n) is 14.0. The third-order valence-corrected chi connectivity index (χ3v) is 10.6. The molecule has 0 spiro atoms. The highest BCUT2D eigenvalue weighted by Crippen LogP contribution is 2.42. The Morgan fingerprint density at radius 2 is 0.768 bits per heavy atom. The van der Waals surface area contributed by atoms with E-state index in [4.69, 9.17) is 23.8 Å². The molecule has 0 bridgehead atoms. The standard InChI is InChI=1S/C51H31N3O2/c1-3-11-32(12-4-1)34-21-25-36(26-22-34)49-52-50(37-27-23-35(24-28-37)33-13-5-2-6-14-33)54-51(53-49)43-18-9-17-42-47-39(16-10-20-45(47)56-48(42)43)38-29-30-41-40-15-7-8-19-44(40)55-46(41)31-38/h1-31H. The quantitative estimate of drug-likeness (QED) is 0.171. The summed E-state index contributed by atoms with van der Waals surface area (Å²) in [5, 5.41) is 4.23. The summed E-state index contributed by atoms with van der Waals surface area (Å²) < 4.78 is 13.0. The van der Waals surface area contributed by atoms with Crippen LogP contribution in [0.2, 0.25) is 0 Å². The van der Waals surface area contributed by atoms with Crippen LogP contribution in [0.1, 0.15) is 0 Å². The molecule has 0 saturated carbocycles. The molecule has 0 N–H and O–H groups in total. The van der Waals surface area contributed by atoms with Crippen molar-refractivity contribution < 1.29 is 8.83 Å². The van der Waals surface area contributed by atoms with Crippen LogP contribution in [0.4, 0.5) is 0 Å². The summed E-state index contributed by atoms with van der Waals surface area (Å²) in [5.74, 6) is 1.72. The maximum Gasteiger partial charge on any atom is 0.167 e. The Morgan fingerprint density at radius 1 is 0.286 bits per heavy atom. The molecule has 3 heterocycles. The monoisotopic (exact) mass is 717 g/mol. The van der Waals surface area contributed by atoms with Crippen LogP contribution in [0.5, 0.6) is 0 Å². The minimum atomic E-state index is 0.541. The van der Waals surface area contributed by atoms with Gasteiger partial charge in [-0.15, -0.1) is 0 Å². The summed E-state index contributed by atoms with van der Waals surface area (Å²) in [6, 6.07) is 64.5. The van der Waals surface area contributed by atoms with Crippen molar-refractivity contribution in [3.63, 3.8) is 0 Å². The lowest BCUT2D eigenvalue weighted by Gasteiger charge is -2.10. The highest BCUT2D eigenvalue weighted by atomic mass is 16.3. The molecule has 0 radical (unpaired) electrons.